The molecule has 0 aliphatic rings. The minimum Gasteiger partial charge on any atom is -0.497 e. The lowest BCUT2D eigenvalue weighted by atomic mass is 10.1. The highest BCUT2D eigenvalue weighted by atomic mass is 32.2. The average Bonchev–Trinajstić information content (AvgIpc) is 3.42. The van der Waals surface area contributed by atoms with Gasteiger partial charge in [-0.25, -0.2) is 0 Å². The van der Waals surface area contributed by atoms with Gasteiger partial charge in [0.05, 0.1) is 23.4 Å². The number of thioether (sulfide) groups is 1. The molecule has 0 saturated carbocycles. The Morgan fingerprint density at radius 2 is 1.41 bits per heavy atom. The molecule has 5 aromatic carbocycles. The van der Waals surface area contributed by atoms with Crippen LogP contribution in [0.3, 0.4) is 0 Å². The Balaban J connectivity index is 1.23. The number of aromatic nitrogens is 1. The Labute approximate surface area is 270 Å². The van der Waals surface area contributed by atoms with Crippen LogP contribution < -0.4 is 15.4 Å². The molecule has 0 aliphatic heterocycles. The number of ether oxygens (including phenoxy) is 1. The van der Waals surface area contributed by atoms with Crippen LogP contribution in [0.25, 0.3) is 27.9 Å². The molecule has 0 bridgehead atoms. The summed E-state index contributed by atoms with van der Waals surface area (Å²) in [5.74, 6) is -0.323. The number of rotatable bonds is 9. The van der Waals surface area contributed by atoms with E-state index in [-0.39, 0.29) is 11.6 Å². The van der Waals surface area contributed by atoms with E-state index in [0.717, 1.165) is 26.7 Å². The van der Waals surface area contributed by atoms with Gasteiger partial charge in [0.25, 0.3) is 11.8 Å². The van der Waals surface area contributed by atoms with Crippen LogP contribution in [0.2, 0.25) is 0 Å². The number of anilines is 1. The van der Waals surface area contributed by atoms with E-state index in [2.05, 4.69) is 10.6 Å². The van der Waals surface area contributed by atoms with Crippen LogP contribution in [0.4, 0.5) is 5.69 Å². The largest absolute Gasteiger partial charge is 0.497 e. The van der Waals surface area contributed by atoms with Gasteiger partial charge < -0.3 is 15.4 Å². The van der Waals surface area contributed by atoms with Gasteiger partial charge in [0, 0.05) is 26.9 Å². The summed E-state index contributed by atoms with van der Waals surface area (Å²) in [5, 5.41) is 7.32. The van der Waals surface area contributed by atoms with Crippen molar-refractivity contribution in [2.45, 2.75) is 17.1 Å². The number of benzene rings is 5. The van der Waals surface area contributed by atoms with Gasteiger partial charge in [0.1, 0.15) is 11.4 Å². The minimum absolute atomic E-state index is 0.0380. The predicted molar refractivity (Wildman–Crippen MR) is 185 cm³/mol. The van der Waals surface area contributed by atoms with Crippen molar-refractivity contribution in [3.63, 3.8) is 0 Å². The first kappa shape index (κ1) is 30.4. The molecule has 0 spiro atoms. The first-order valence-electron chi connectivity index (χ1n) is 14.7. The SMILES string of the molecule is COc1cccc(/C=C(/NC(=O)c2ccccc2)C(=O)Nc2cccc(SC(C)C(=O)n3c4ccccc4c4ccccc43)c2)c1. The summed E-state index contributed by atoms with van der Waals surface area (Å²) < 4.78 is 7.12. The highest BCUT2D eigenvalue weighted by Crippen LogP contribution is 2.32. The molecule has 46 heavy (non-hydrogen) atoms. The number of nitrogens with one attached hydrogen (secondary N) is 2. The fourth-order valence-electron chi connectivity index (χ4n) is 5.28. The number of para-hydroxylation sites is 2. The summed E-state index contributed by atoms with van der Waals surface area (Å²) in [4.78, 5) is 41.3. The average molecular weight is 626 g/mol. The van der Waals surface area contributed by atoms with Crippen LogP contribution >= 0.6 is 11.8 Å². The number of fused-ring (bicyclic) bond motifs is 3. The molecule has 0 saturated heterocycles. The molecule has 2 amide bonds. The van der Waals surface area contributed by atoms with Gasteiger partial charge in [-0.1, -0.05) is 72.8 Å². The second kappa shape index (κ2) is 13.6. The Bertz CT molecular complexity index is 2050. The first-order valence-corrected chi connectivity index (χ1v) is 15.6. The Morgan fingerprint density at radius 1 is 0.761 bits per heavy atom. The van der Waals surface area contributed by atoms with Crippen molar-refractivity contribution in [3.05, 3.63) is 144 Å². The third-order valence-corrected chi connectivity index (χ3v) is 8.57. The fourth-order valence-corrected chi connectivity index (χ4v) is 6.25. The maximum absolute atomic E-state index is 13.8. The van der Waals surface area contributed by atoms with Gasteiger partial charge in [0.2, 0.25) is 5.91 Å². The van der Waals surface area contributed by atoms with E-state index in [1.54, 1.807) is 60.2 Å². The highest BCUT2D eigenvalue weighted by Gasteiger charge is 2.22. The maximum Gasteiger partial charge on any atom is 0.272 e. The van der Waals surface area contributed by atoms with Gasteiger partial charge in [-0.05, 0) is 73.2 Å². The van der Waals surface area contributed by atoms with E-state index in [9.17, 15) is 14.4 Å². The molecule has 1 aromatic heterocycles. The second-order valence-electron chi connectivity index (χ2n) is 10.6. The van der Waals surface area contributed by atoms with Gasteiger partial charge in [-0.3, -0.25) is 19.0 Å². The van der Waals surface area contributed by atoms with Crippen molar-refractivity contribution in [1.82, 2.24) is 9.88 Å². The standard InChI is InChI=1S/C38H31N3O4S/c1-25(38(44)41-34-20-8-6-18-31(34)32-19-7-9-21-35(32)41)46-30-17-11-15-28(24-30)39-37(43)33(23-26-12-10-16-29(22-26)45-2)40-36(42)27-13-4-3-5-14-27/h3-25H,1-2H3,(H,39,43)(H,40,42)/b33-23+. The number of carbonyl (C=O) groups excluding carboxylic acids is 3. The quantitative estimate of drug-likeness (QED) is 0.125. The molecule has 6 aromatic rings. The number of hydrogen-bond acceptors (Lipinski definition) is 5. The Morgan fingerprint density at radius 3 is 2.11 bits per heavy atom. The maximum atomic E-state index is 13.8. The summed E-state index contributed by atoms with van der Waals surface area (Å²) in [5.41, 5.74) is 3.43. The molecule has 2 N–H and O–H groups in total. The normalized spacial score (nSPS) is 12.1. The topological polar surface area (TPSA) is 89.4 Å². The second-order valence-corrected chi connectivity index (χ2v) is 12.0. The minimum atomic E-state index is -0.497. The number of methoxy groups -OCH3 is 1. The molecule has 7 nitrogen and oxygen atoms in total. The summed E-state index contributed by atoms with van der Waals surface area (Å²) in [6.45, 7) is 1.88. The van der Waals surface area contributed by atoms with Gasteiger partial charge in [-0.15, -0.1) is 11.8 Å². The third-order valence-electron chi connectivity index (χ3n) is 7.49. The van der Waals surface area contributed by atoms with Gasteiger partial charge in [-0.2, -0.15) is 0 Å². The molecule has 0 fully saturated rings. The Kier molecular flexibility index (Phi) is 8.98. The van der Waals surface area contributed by atoms with Crippen molar-refractivity contribution in [3.8, 4) is 5.75 Å². The van der Waals surface area contributed by atoms with Crippen molar-refractivity contribution in [2.24, 2.45) is 0 Å². The zero-order valence-electron chi connectivity index (χ0n) is 25.3. The predicted octanol–water partition coefficient (Wildman–Crippen LogP) is 8.03. The van der Waals surface area contributed by atoms with Crippen LogP contribution in [0.1, 0.15) is 27.6 Å². The molecule has 8 heteroatoms. The lowest BCUT2D eigenvalue weighted by molar-refractivity contribution is -0.113. The van der Waals surface area contributed by atoms with Crippen molar-refractivity contribution < 1.29 is 19.1 Å². The molecule has 6 rings (SSSR count). The highest BCUT2D eigenvalue weighted by molar-refractivity contribution is 8.00. The summed E-state index contributed by atoms with van der Waals surface area (Å²) in [6, 6.07) is 39.0. The molecular weight excluding hydrogens is 595 g/mol. The monoisotopic (exact) mass is 625 g/mol. The van der Waals surface area contributed by atoms with E-state index in [0.29, 0.717) is 22.6 Å². The number of nitrogens with zero attached hydrogens (tertiary/aromatic N) is 1. The first-order chi connectivity index (χ1) is 22.4. The van der Waals surface area contributed by atoms with Crippen molar-refractivity contribution >= 4 is 63.1 Å². The molecule has 0 radical (unpaired) electrons. The zero-order chi connectivity index (χ0) is 32.0. The Hall–Kier alpha value is -5.60. The lowest BCUT2D eigenvalue weighted by Crippen LogP contribution is -2.30. The molecule has 228 valence electrons. The van der Waals surface area contributed by atoms with Crippen molar-refractivity contribution in [2.75, 3.05) is 12.4 Å². The van der Waals surface area contributed by atoms with Gasteiger partial charge >= 0.3 is 0 Å². The van der Waals surface area contributed by atoms with E-state index in [1.165, 1.54) is 11.8 Å². The molecule has 1 atom stereocenters. The molecule has 1 heterocycles. The van der Waals surface area contributed by atoms with Crippen molar-refractivity contribution in [1.29, 1.82) is 0 Å². The molecular formula is C38H31N3O4S. The van der Waals surface area contributed by atoms with Crippen LogP contribution in [0.5, 0.6) is 5.75 Å². The summed E-state index contributed by atoms with van der Waals surface area (Å²) in [6.07, 6.45) is 1.60. The van der Waals surface area contributed by atoms with E-state index >= 15 is 0 Å². The van der Waals surface area contributed by atoms with E-state index < -0.39 is 17.1 Å². The van der Waals surface area contributed by atoms with E-state index in [4.69, 9.17) is 4.74 Å². The van der Waals surface area contributed by atoms with Crippen LogP contribution in [-0.2, 0) is 4.79 Å². The number of carbonyl (C=O) groups is 3. The van der Waals surface area contributed by atoms with Crippen LogP contribution in [-0.4, -0.2) is 34.6 Å². The lowest BCUT2D eigenvalue weighted by Gasteiger charge is -2.15. The van der Waals surface area contributed by atoms with Gasteiger partial charge in [0.15, 0.2) is 0 Å². The third kappa shape index (κ3) is 6.57. The fraction of sp³-hybridized carbons (Fsp3) is 0.0789. The summed E-state index contributed by atoms with van der Waals surface area (Å²) in [7, 11) is 1.57. The van der Waals surface area contributed by atoms with Crippen LogP contribution in [0, 0.1) is 0 Å². The molecule has 1 unspecified atom stereocenters. The zero-order valence-corrected chi connectivity index (χ0v) is 26.1. The number of hydrogen-bond donors (Lipinski definition) is 2. The smallest absolute Gasteiger partial charge is 0.272 e. The van der Waals surface area contributed by atoms with Crippen LogP contribution in [0.15, 0.2) is 138 Å². The van der Waals surface area contributed by atoms with E-state index in [1.807, 2.05) is 91.9 Å². The molecule has 0 aliphatic carbocycles. The summed E-state index contributed by atoms with van der Waals surface area (Å²) >= 11 is 1.41. The number of amides is 2.